The maximum atomic E-state index is 12.6. The van der Waals surface area contributed by atoms with E-state index in [4.69, 9.17) is 9.97 Å². The second-order valence-corrected chi connectivity index (χ2v) is 7.10. The molecular weight excluding hydrogens is 352 g/mol. The second-order valence-electron chi connectivity index (χ2n) is 7.10. The molecular formula is C21H20N6O. The van der Waals surface area contributed by atoms with Crippen LogP contribution in [0.2, 0.25) is 0 Å². The Labute approximate surface area is 161 Å². The van der Waals surface area contributed by atoms with Gasteiger partial charge in [0, 0.05) is 49.4 Å². The maximum Gasteiger partial charge on any atom is 0.254 e. The van der Waals surface area contributed by atoms with Gasteiger partial charge in [0.25, 0.3) is 5.56 Å². The molecule has 0 saturated carbocycles. The van der Waals surface area contributed by atoms with E-state index in [1.54, 1.807) is 12.4 Å². The van der Waals surface area contributed by atoms with Gasteiger partial charge in [0.1, 0.15) is 11.6 Å². The molecule has 0 fully saturated rings. The highest BCUT2D eigenvalue weighted by molar-refractivity contribution is 5.54. The summed E-state index contributed by atoms with van der Waals surface area (Å²) in [6.07, 6.45) is 6.15. The van der Waals surface area contributed by atoms with Crippen LogP contribution in [0.4, 0.5) is 0 Å². The summed E-state index contributed by atoms with van der Waals surface area (Å²) in [4.78, 5) is 31.4. The SMILES string of the molecule is Cc1nc(CN2CCc3c(nc(-c4cccnc4)[nH]c3=O)C2)c2ccccn12. The minimum Gasteiger partial charge on any atom is -0.306 e. The van der Waals surface area contributed by atoms with Crippen LogP contribution in [0.3, 0.4) is 0 Å². The third-order valence-corrected chi connectivity index (χ3v) is 5.26. The molecule has 0 aromatic carbocycles. The van der Waals surface area contributed by atoms with Crippen LogP contribution < -0.4 is 5.56 Å². The summed E-state index contributed by atoms with van der Waals surface area (Å²) in [7, 11) is 0. The third kappa shape index (κ3) is 2.90. The molecule has 0 bridgehead atoms. The van der Waals surface area contributed by atoms with Gasteiger partial charge in [-0.05, 0) is 37.6 Å². The summed E-state index contributed by atoms with van der Waals surface area (Å²) in [5.41, 5.74) is 4.57. The van der Waals surface area contributed by atoms with Crippen molar-refractivity contribution in [1.29, 1.82) is 0 Å². The molecule has 1 aliphatic heterocycles. The second kappa shape index (κ2) is 6.69. The lowest BCUT2D eigenvalue weighted by molar-refractivity contribution is 0.239. The largest absolute Gasteiger partial charge is 0.306 e. The Morgan fingerprint density at radius 1 is 1.18 bits per heavy atom. The number of nitrogens with one attached hydrogen (secondary N) is 1. The summed E-state index contributed by atoms with van der Waals surface area (Å²) in [6.45, 7) is 4.20. The molecule has 0 amide bonds. The molecule has 140 valence electrons. The van der Waals surface area contributed by atoms with Gasteiger partial charge in [-0.2, -0.15) is 0 Å². The first-order valence-corrected chi connectivity index (χ1v) is 9.36. The molecule has 1 aliphatic rings. The topological polar surface area (TPSA) is 79.2 Å². The molecule has 0 unspecified atom stereocenters. The van der Waals surface area contributed by atoms with Gasteiger partial charge in [-0.25, -0.2) is 9.97 Å². The van der Waals surface area contributed by atoms with E-state index in [1.807, 2.05) is 37.4 Å². The Bertz CT molecular complexity index is 1210. The molecule has 0 spiro atoms. The first-order chi connectivity index (χ1) is 13.7. The highest BCUT2D eigenvalue weighted by atomic mass is 16.1. The van der Waals surface area contributed by atoms with Crippen molar-refractivity contribution in [3.8, 4) is 11.4 Å². The molecule has 4 aromatic rings. The number of aromatic amines is 1. The van der Waals surface area contributed by atoms with Crippen molar-refractivity contribution in [2.45, 2.75) is 26.4 Å². The number of rotatable bonds is 3. The van der Waals surface area contributed by atoms with Crippen LogP contribution >= 0.6 is 0 Å². The highest BCUT2D eigenvalue weighted by Gasteiger charge is 2.23. The van der Waals surface area contributed by atoms with E-state index in [0.29, 0.717) is 18.8 Å². The van der Waals surface area contributed by atoms with Gasteiger partial charge in [0.05, 0.1) is 16.9 Å². The van der Waals surface area contributed by atoms with Crippen molar-refractivity contribution >= 4 is 5.52 Å². The fourth-order valence-corrected chi connectivity index (χ4v) is 3.86. The van der Waals surface area contributed by atoms with Crippen LogP contribution in [0.15, 0.2) is 53.7 Å². The van der Waals surface area contributed by atoms with E-state index in [-0.39, 0.29) is 5.56 Å². The van der Waals surface area contributed by atoms with E-state index in [9.17, 15) is 4.79 Å². The van der Waals surface area contributed by atoms with E-state index in [2.05, 4.69) is 25.3 Å². The van der Waals surface area contributed by atoms with Gasteiger partial charge in [-0.3, -0.25) is 14.7 Å². The van der Waals surface area contributed by atoms with Gasteiger partial charge in [-0.1, -0.05) is 6.07 Å². The van der Waals surface area contributed by atoms with Crippen LogP contribution in [0, 0.1) is 6.92 Å². The van der Waals surface area contributed by atoms with E-state index in [1.165, 1.54) is 0 Å². The Kier molecular flexibility index (Phi) is 4.02. The molecule has 4 aromatic heterocycles. The molecule has 7 heteroatoms. The summed E-state index contributed by atoms with van der Waals surface area (Å²) in [5.74, 6) is 1.55. The van der Waals surface area contributed by atoms with E-state index < -0.39 is 0 Å². The van der Waals surface area contributed by atoms with Gasteiger partial charge >= 0.3 is 0 Å². The van der Waals surface area contributed by atoms with E-state index in [0.717, 1.165) is 46.9 Å². The molecule has 28 heavy (non-hydrogen) atoms. The number of H-pyrrole nitrogens is 1. The molecule has 5 rings (SSSR count). The number of hydrogen-bond acceptors (Lipinski definition) is 5. The highest BCUT2D eigenvalue weighted by Crippen LogP contribution is 2.21. The standard InChI is InChI=1S/C21H20N6O/c1-14-23-18(19-6-2-3-9-27(14)19)13-26-10-7-16-17(12-26)24-20(25-21(16)28)15-5-4-8-22-11-15/h2-6,8-9,11H,7,10,12-13H2,1H3,(H,24,25,28). The van der Waals surface area contributed by atoms with Crippen LogP contribution in [0.25, 0.3) is 16.9 Å². The lowest BCUT2D eigenvalue weighted by Gasteiger charge is -2.27. The molecule has 0 atom stereocenters. The minimum absolute atomic E-state index is 0.0493. The number of aryl methyl sites for hydroxylation is 1. The predicted molar refractivity (Wildman–Crippen MR) is 106 cm³/mol. The number of fused-ring (bicyclic) bond motifs is 2. The van der Waals surface area contributed by atoms with Crippen molar-refractivity contribution in [1.82, 2.24) is 29.2 Å². The molecule has 1 N–H and O–H groups in total. The quantitative estimate of drug-likeness (QED) is 0.597. The number of aromatic nitrogens is 5. The van der Waals surface area contributed by atoms with Crippen molar-refractivity contribution in [2.24, 2.45) is 0 Å². The van der Waals surface area contributed by atoms with Gasteiger partial charge < -0.3 is 9.38 Å². The average Bonchev–Trinajstić information content (AvgIpc) is 3.04. The zero-order valence-corrected chi connectivity index (χ0v) is 15.6. The maximum absolute atomic E-state index is 12.6. The molecule has 5 heterocycles. The number of imidazole rings is 1. The van der Waals surface area contributed by atoms with Gasteiger partial charge in [0.2, 0.25) is 0 Å². The van der Waals surface area contributed by atoms with Gasteiger partial charge in [-0.15, -0.1) is 0 Å². The first-order valence-electron chi connectivity index (χ1n) is 9.36. The Hall–Kier alpha value is -3.32. The lowest BCUT2D eigenvalue weighted by atomic mass is 10.1. The number of pyridine rings is 2. The summed E-state index contributed by atoms with van der Waals surface area (Å²) in [6, 6.07) is 9.88. The van der Waals surface area contributed by atoms with Crippen molar-refractivity contribution in [3.05, 3.63) is 82.1 Å². The number of hydrogen-bond donors (Lipinski definition) is 1. The lowest BCUT2D eigenvalue weighted by Crippen LogP contribution is -2.35. The first kappa shape index (κ1) is 16.8. The third-order valence-electron chi connectivity index (χ3n) is 5.26. The normalized spacial score (nSPS) is 14.3. The zero-order chi connectivity index (χ0) is 19.1. The summed E-state index contributed by atoms with van der Waals surface area (Å²) in [5, 5.41) is 0. The number of nitrogens with zero attached hydrogens (tertiary/aromatic N) is 5. The molecule has 0 saturated heterocycles. The zero-order valence-electron chi connectivity index (χ0n) is 15.6. The Morgan fingerprint density at radius 2 is 2.11 bits per heavy atom. The van der Waals surface area contributed by atoms with Crippen molar-refractivity contribution < 1.29 is 0 Å². The molecule has 0 radical (unpaired) electrons. The van der Waals surface area contributed by atoms with Crippen LogP contribution in [-0.4, -0.2) is 35.8 Å². The monoisotopic (exact) mass is 372 g/mol. The fraction of sp³-hybridized carbons (Fsp3) is 0.238. The van der Waals surface area contributed by atoms with Crippen molar-refractivity contribution in [3.63, 3.8) is 0 Å². The van der Waals surface area contributed by atoms with Crippen LogP contribution in [-0.2, 0) is 19.5 Å². The molecule has 7 nitrogen and oxygen atoms in total. The fourth-order valence-electron chi connectivity index (χ4n) is 3.86. The minimum atomic E-state index is -0.0493. The van der Waals surface area contributed by atoms with Crippen LogP contribution in [0.5, 0.6) is 0 Å². The summed E-state index contributed by atoms with van der Waals surface area (Å²) < 4.78 is 2.11. The predicted octanol–water partition coefficient (Wildman–Crippen LogP) is 2.35. The van der Waals surface area contributed by atoms with Crippen LogP contribution in [0.1, 0.15) is 22.8 Å². The van der Waals surface area contributed by atoms with Gasteiger partial charge in [0.15, 0.2) is 0 Å². The van der Waals surface area contributed by atoms with E-state index >= 15 is 0 Å². The average molecular weight is 372 g/mol. The Morgan fingerprint density at radius 3 is 2.96 bits per heavy atom. The smallest absolute Gasteiger partial charge is 0.254 e. The molecule has 0 aliphatic carbocycles. The van der Waals surface area contributed by atoms with Crippen molar-refractivity contribution in [2.75, 3.05) is 6.54 Å². The summed E-state index contributed by atoms with van der Waals surface area (Å²) >= 11 is 0. The Balaban J connectivity index is 1.46.